The Hall–Kier alpha value is -1.66. The molecule has 1 aromatic rings. The predicted molar refractivity (Wildman–Crippen MR) is 82.7 cm³/mol. The van der Waals surface area contributed by atoms with Crippen molar-refractivity contribution >= 4 is 24.0 Å². The van der Waals surface area contributed by atoms with Gasteiger partial charge in [0.25, 0.3) is 11.6 Å². The molecular weight excluding hydrogens is 294 g/mol. The molecule has 2 unspecified atom stereocenters. The molecule has 1 fully saturated rings. The summed E-state index contributed by atoms with van der Waals surface area (Å²) in [5, 5.41) is 10.8. The van der Waals surface area contributed by atoms with E-state index in [1.54, 1.807) is 17.9 Å². The smallest absolute Gasteiger partial charge is 0.272 e. The Morgan fingerprint density at radius 1 is 1.52 bits per heavy atom. The van der Waals surface area contributed by atoms with Crippen LogP contribution in [-0.2, 0) is 0 Å². The van der Waals surface area contributed by atoms with E-state index in [1.807, 2.05) is 6.92 Å². The number of nitrogens with zero attached hydrogens (tertiary/aromatic N) is 2. The molecule has 1 heterocycles. The minimum absolute atomic E-state index is 0. The molecule has 0 spiro atoms. The lowest BCUT2D eigenvalue weighted by Gasteiger charge is -2.21. The second kappa shape index (κ2) is 6.87. The number of hydrogen-bond acceptors (Lipinski definition) is 4. The van der Waals surface area contributed by atoms with Crippen molar-refractivity contribution in [1.29, 1.82) is 0 Å². The summed E-state index contributed by atoms with van der Waals surface area (Å²) in [6.45, 7) is 4.89. The monoisotopic (exact) mass is 313 g/mol. The molecule has 0 aliphatic carbocycles. The third-order valence-electron chi connectivity index (χ3n) is 3.90. The van der Waals surface area contributed by atoms with Crippen LogP contribution in [0.2, 0.25) is 0 Å². The molecule has 2 N–H and O–H groups in total. The Balaban J connectivity index is 0.00000220. The van der Waals surface area contributed by atoms with E-state index in [0.29, 0.717) is 30.1 Å². The fraction of sp³-hybridized carbons (Fsp3) is 0.500. The number of benzene rings is 1. The van der Waals surface area contributed by atoms with Crippen molar-refractivity contribution in [1.82, 2.24) is 4.90 Å². The van der Waals surface area contributed by atoms with Crippen molar-refractivity contribution in [3.63, 3.8) is 0 Å². The lowest BCUT2D eigenvalue weighted by Crippen LogP contribution is -2.34. The topological polar surface area (TPSA) is 89.5 Å². The average Bonchev–Trinajstić information content (AvgIpc) is 2.78. The fourth-order valence-electron chi connectivity index (χ4n) is 2.76. The summed E-state index contributed by atoms with van der Waals surface area (Å²) in [6, 6.07) is 4.66. The summed E-state index contributed by atoms with van der Waals surface area (Å²) in [5.41, 5.74) is 6.70. The van der Waals surface area contributed by atoms with Crippen LogP contribution in [0.25, 0.3) is 0 Å². The number of nitro benzene ring substituents is 1. The molecule has 2 rings (SSSR count). The molecule has 1 aliphatic heterocycles. The highest BCUT2D eigenvalue weighted by atomic mass is 35.5. The van der Waals surface area contributed by atoms with Gasteiger partial charge in [-0.3, -0.25) is 14.9 Å². The first-order chi connectivity index (χ1) is 9.43. The van der Waals surface area contributed by atoms with E-state index in [2.05, 4.69) is 0 Å². The first-order valence-electron chi connectivity index (χ1n) is 6.70. The van der Waals surface area contributed by atoms with E-state index in [0.717, 1.165) is 6.42 Å². The average molecular weight is 314 g/mol. The van der Waals surface area contributed by atoms with Crippen LogP contribution < -0.4 is 5.73 Å². The first kappa shape index (κ1) is 17.4. The van der Waals surface area contributed by atoms with Gasteiger partial charge in [0, 0.05) is 29.8 Å². The van der Waals surface area contributed by atoms with Crippen molar-refractivity contribution in [3.05, 3.63) is 39.4 Å². The van der Waals surface area contributed by atoms with Gasteiger partial charge < -0.3 is 10.6 Å². The Morgan fingerprint density at radius 2 is 2.19 bits per heavy atom. The third kappa shape index (κ3) is 3.51. The summed E-state index contributed by atoms with van der Waals surface area (Å²) in [5.74, 6) is 0.263. The summed E-state index contributed by atoms with van der Waals surface area (Å²) in [4.78, 5) is 24.6. The number of carbonyl (C=O) groups excluding carboxylic acids is 1. The van der Waals surface area contributed by atoms with Gasteiger partial charge in [0.15, 0.2) is 0 Å². The van der Waals surface area contributed by atoms with Crippen molar-refractivity contribution in [2.45, 2.75) is 26.3 Å². The number of nitrogens with two attached hydrogens (primary N) is 1. The maximum absolute atomic E-state index is 12.5. The van der Waals surface area contributed by atoms with E-state index in [9.17, 15) is 14.9 Å². The Bertz CT molecular complexity index is 550. The number of rotatable bonds is 3. The van der Waals surface area contributed by atoms with Crippen LogP contribution in [0.4, 0.5) is 5.69 Å². The first-order valence-corrected chi connectivity index (χ1v) is 6.70. The van der Waals surface area contributed by atoms with Gasteiger partial charge in [0.05, 0.1) is 4.92 Å². The molecule has 7 heteroatoms. The summed E-state index contributed by atoms with van der Waals surface area (Å²) >= 11 is 0. The van der Waals surface area contributed by atoms with Crippen LogP contribution in [0.1, 0.15) is 29.3 Å². The minimum atomic E-state index is -0.438. The third-order valence-corrected chi connectivity index (χ3v) is 3.90. The van der Waals surface area contributed by atoms with Crippen LogP contribution in [0, 0.1) is 23.0 Å². The summed E-state index contributed by atoms with van der Waals surface area (Å²) in [7, 11) is 0. The number of hydrogen-bond donors (Lipinski definition) is 1. The van der Waals surface area contributed by atoms with E-state index in [-0.39, 0.29) is 30.0 Å². The SMILES string of the molecule is Cc1cc(C(=O)N2CC(CN)CC2C)ccc1[N+](=O)[O-].Cl. The van der Waals surface area contributed by atoms with Gasteiger partial charge in [0.1, 0.15) is 0 Å². The van der Waals surface area contributed by atoms with Crippen molar-refractivity contribution in [2.24, 2.45) is 11.7 Å². The quantitative estimate of drug-likeness (QED) is 0.683. The van der Waals surface area contributed by atoms with Crippen LogP contribution in [0.5, 0.6) is 0 Å². The summed E-state index contributed by atoms with van der Waals surface area (Å²) in [6.07, 6.45) is 0.911. The molecule has 1 amide bonds. The summed E-state index contributed by atoms with van der Waals surface area (Å²) < 4.78 is 0. The number of aryl methyl sites for hydroxylation is 1. The van der Waals surface area contributed by atoms with Gasteiger partial charge in [-0.15, -0.1) is 12.4 Å². The van der Waals surface area contributed by atoms with E-state index < -0.39 is 4.92 Å². The van der Waals surface area contributed by atoms with Crippen molar-refractivity contribution in [2.75, 3.05) is 13.1 Å². The zero-order valence-electron chi connectivity index (χ0n) is 12.1. The molecule has 0 aromatic heterocycles. The predicted octanol–water partition coefficient (Wildman–Crippen LogP) is 2.13. The molecule has 0 saturated carbocycles. The second-order valence-corrected chi connectivity index (χ2v) is 5.40. The highest BCUT2D eigenvalue weighted by molar-refractivity contribution is 5.95. The molecule has 1 saturated heterocycles. The van der Waals surface area contributed by atoms with Gasteiger partial charge in [-0.05, 0) is 44.9 Å². The van der Waals surface area contributed by atoms with Gasteiger partial charge in [-0.2, -0.15) is 0 Å². The maximum Gasteiger partial charge on any atom is 0.272 e. The van der Waals surface area contributed by atoms with Gasteiger partial charge in [-0.1, -0.05) is 0 Å². The highest BCUT2D eigenvalue weighted by Gasteiger charge is 2.32. The molecule has 0 bridgehead atoms. The number of carbonyl (C=O) groups is 1. The van der Waals surface area contributed by atoms with Gasteiger partial charge in [0.2, 0.25) is 0 Å². The number of likely N-dealkylation sites (tertiary alicyclic amines) is 1. The molecule has 116 valence electrons. The Morgan fingerprint density at radius 3 is 2.67 bits per heavy atom. The van der Waals surface area contributed by atoms with Crippen LogP contribution in [0.15, 0.2) is 18.2 Å². The molecule has 1 aromatic carbocycles. The lowest BCUT2D eigenvalue weighted by atomic mass is 10.1. The Labute approximate surface area is 129 Å². The van der Waals surface area contributed by atoms with E-state index >= 15 is 0 Å². The number of nitro groups is 1. The van der Waals surface area contributed by atoms with Gasteiger partial charge in [-0.25, -0.2) is 0 Å². The van der Waals surface area contributed by atoms with Gasteiger partial charge >= 0.3 is 0 Å². The molecule has 2 atom stereocenters. The second-order valence-electron chi connectivity index (χ2n) is 5.40. The standard InChI is InChI=1S/C14H19N3O3.ClH/c1-9-5-12(3-4-13(9)17(19)20)14(18)16-8-11(7-15)6-10(16)2;/h3-5,10-11H,6-8,15H2,1-2H3;1H. The fourth-order valence-corrected chi connectivity index (χ4v) is 2.76. The zero-order valence-corrected chi connectivity index (χ0v) is 12.9. The zero-order chi connectivity index (χ0) is 14.9. The van der Waals surface area contributed by atoms with E-state index in [4.69, 9.17) is 5.73 Å². The molecule has 0 radical (unpaired) electrons. The van der Waals surface area contributed by atoms with Crippen LogP contribution >= 0.6 is 12.4 Å². The largest absolute Gasteiger partial charge is 0.336 e. The van der Waals surface area contributed by atoms with Crippen LogP contribution in [0.3, 0.4) is 0 Å². The van der Waals surface area contributed by atoms with Crippen LogP contribution in [-0.4, -0.2) is 34.9 Å². The molecule has 6 nitrogen and oxygen atoms in total. The minimum Gasteiger partial charge on any atom is -0.336 e. The normalized spacial score (nSPS) is 21.0. The van der Waals surface area contributed by atoms with Crippen molar-refractivity contribution in [3.8, 4) is 0 Å². The number of halogens is 1. The van der Waals surface area contributed by atoms with Crippen molar-refractivity contribution < 1.29 is 9.72 Å². The lowest BCUT2D eigenvalue weighted by molar-refractivity contribution is -0.385. The maximum atomic E-state index is 12.5. The molecular formula is C14H20ClN3O3. The number of amides is 1. The molecule has 21 heavy (non-hydrogen) atoms. The highest BCUT2D eigenvalue weighted by Crippen LogP contribution is 2.26. The van der Waals surface area contributed by atoms with E-state index in [1.165, 1.54) is 12.1 Å². The molecule has 1 aliphatic rings. The Kier molecular flexibility index (Phi) is 5.69.